The summed E-state index contributed by atoms with van der Waals surface area (Å²) in [6.45, 7) is 0.0128. The highest BCUT2D eigenvalue weighted by molar-refractivity contribution is 5.35. The lowest BCUT2D eigenvalue weighted by Gasteiger charge is -2.45. The van der Waals surface area contributed by atoms with Crippen LogP contribution in [0.25, 0.3) is 0 Å². The van der Waals surface area contributed by atoms with Crippen molar-refractivity contribution in [2.75, 3.05) is 6.61 Å². The molecule has 120 valence electrons. The van der Waals surface area contributed by atoms with Crippen molar-refractivity contribution in [2.45, 2.75) is 37.0 Å². The number of nitrogens with zero attached hydrogens (tertiary/aromatic N) is 1. The topological polar surface area (TPSA) is 132 Å². The van der Waals surface area contributed by atoms with Crippen molar-refractivity contribution in [2.24, 2.45) is 0 Å². The van der Waals surface area contributed by atoms with Crippen molar-refractivity contribution in [1.82, 2.24) is 0 Å². The number of fused-ring (bicyclic) bond motifs is 1. The molecule has 1 aromatic carbocycles. The molecule has 1 aromatic rings. The molecule has 9 heteroatoms. The van der Waals surface area contributed by atoms with Crippen LogP contribution in [0.3, 0.4) is 0 Å². The lowest BCUT2D eigenvalue weighted by Crippen LogP contribution is -2.61. The largest absolute Gasteiger partial charge is 0.387 e. The van der Waals surface area contributed by atoms with E-state index < -0.39 is 41.9 Å². The Kier molecular flexibility index (Phi) is 4.08. The van der Waals surface area contributed by atoms with Gasteiger partial charge in [0.25, 0.3) is 5.69 Å². The number of non-ortho nitro benzene ring substituents is 1. The number of rotatable bonds is 2. The van der Waals surface area contributed by atoms with Gasteiger partial charge >= 0.3 is 0 Å². The van der Waals surface area contributed by atoms with Crippen molar-refractivity contribution >= 4 is 5.69 Å². The molecule has 0 amide bonds. The van der Waals surface area contributed by atoms with Crippen LogP contribution in [0.15, 0.2) is 24.3 Å². The summed E-state index contributed by atoms with van der Waals surface area (Å²) in [4.78, 5) is 10.3. The van der Waals surface area contributed by atoms with E-state index in [0.717, 1.165) is 0 Å². The van der Waals surface area contributed by atoms with Crippen molar-refractivity contribution in [3.05, 3.63) is 39.9 Å². The number of hydrogen-bond donors (Lipinski definition) is 3. The molecule has 0 radical (unpaired) electrons. The zero-order chi connectivity index (χ0) is 15.9. The predicted molar refractivity (Wildman–Crippen MR) is 69.6 cm³/mol. The summed E-state index contributed by atoms with van der Waals surface area (Å²) in [5.41, 5.74) is 0.309. The van der Waals surface area contributed by atoms with Gasteiger partial charge in [-0.2, -0.15) is 0 Å². The SMILES string of the molecule is O=[N+]([O-])c1cccc([C@@H]2OC[C@H]3OC(O)[C@H](O)[C@@H](O)[C@@H]3O2)c1. The van der Waals surface area contributed by atoms with E-state index >= 15 is 0 Å². The number of hydrogen-bond acceptors (Lipinski definition) is 8. The first-order valence-corrected chi connectivity index (χ1v) is 6.68. The second kappa shape index (κ2) is 5.88. The van der Waals surface area contributed by atoms with Crippen molar-refractivity contribution < 1.29 is 34.5 Å². The number of nitro benzene ring substituents is 1. The summed E-state index contributed by atoms with van der Waals surface area (Å²) in [6, 6.07) is 5.75. The van der Waals surface area contributed by atoms with Crippen molar-refractivity contribution in [3.8, 4) is 0 Å². The van der Waals surface area contributed by atoms with Crippen LogP contribution in [-0.4, -0.2) is 57.6 Å². The highest BCUT2D eigenvalue weighted by Crippen LogP contribution is 2.34. The van der Waals surface area contributed by atoms with Crippen LogP contribution in [0.2, 0.25) is 0 Å². The molecule has 2 heterocycles. The van der Waals surface area contributed by atoms with Crippen molar-refractivity contribution in [1.29, 1.82) is 0 Å². The summed E-state index contributed by atoms with van der Waals surface area (Å²) < 4.78 is 16.1. The molecule has 2 saturated heterocycles. The molecule has 1 unspecified atom stereocenters. The maximum absolute atomic E-state index is 10.8. The van der Waals surface area contributed by atoms with Gasteiger partial charge in [0, 0.05) is 17.7 Å². The Bertz CT molecular complexity index is 565. The monoisotopic (exact) mass is 313 g/mol. The van der Waals surface area contributed by atoms with Crippen LogP contribution in [0.1, 0.15) is 11.9 Å². The van der Waals surface area contributed by atoms with E-state index in [1.54, 1.807) is 6.07 Å². The minimum atomic E-state index is -1.52. The summed E-state index contributed by atoms with van der Waals surface area (Å²) in [5, 5.41) is 39.8. The lowest BCUT2D eigenvalue weighted by atomic mass is 9.98. The molecule has 2 aliphatic heterocycles. The second-order valence-corrected chi connectivity index (χ2v) is 5.16. The van der Waals surface area contributed by atoms with Crippen molar-refractivity contribution in [3.63, 3.8) is 0 Å². The van der Waals surface area contributed by atoms with Crippen LogP contribution >= 0.6 is 0 Å². The first-order chi connectivity index (χ1) is 10.5. The fourth-order valence-corrected chi connectivity index (χ4v) is 2.55. The van der Waals surface area contributed by atoms with E-state index in [2.05, 4.69) is 0 Å². The Morgan fingerprint density at radius 3 is 2.68 bits per heavy atom. The highest BCUT2D eigenvalue weighted by Gasteiger charge is 2.48. The molecule has 2 aliphatic rings. The fraction of sp³-hybridized carbons (Fsp3) is 0.538. The molecule has 0 spiro atoms. The van der Waals surface area contributed by atoms with E-state index in [0.29, 0.717) is 5.56 Å². The third-order valence-electron chi connectivity index (χ3n) is 3.71. The van der Waals surface area contributed by atoms with Gasteiger partial charge in [-0.1, -0.05) is 12.1 Å². The molecule has 0 aliphatic carbocycles. The van der Waals surface area contributed by atoms with E-state index in [4.69, 9.17) is 14.2 Å². The van der Waals surface area contributed by atoms with Gasteiger partial charge in [-0.25, -0.2) is 0 Å². The zero-order valence-corrected chi connectivity index (χ0v) is 11.3. The van der Waals surface area contributed by atoms with Gasteiger partial charge in [0.05, 0.1) is 11.5 Å². The normalized spacial score (nSPS) is 38.3. The second-order valence-electron chi connectivity index (χ2n) is 5.16. The van der Waals surface area contributed by atoms with E-state index in [1.165, 1.54) is 18.2 Å². The number of aliphatic hydroxyl groups excluding tert-OH is 3. The molecule has 3 N–H and O–H groups in total. The fourth-order valence-electron chi connectivity index (χ4n) is 2.55. The maximum Gasteiger partial charge on any atom is 0.269 e. The Labute approximate surface area is 124 Å². The molecule has 0 saturated carbocycles. The van der Waals surface area contributed by atoms with Crippen LogP contribution in [0, 0.1) is 10.1 Å². The van der Waals surface area contributed by atoms with E-state index in [1.807, 2.05) is 0 Å². The quantitative estimate of drug-likeness (QED) is 0.489. The minimum Gasteiger partial charge on any atom is -0.387 e. The first kappa shape index (κ1) is 15.3. The predicted octanol–water partition coefficient (Wildman–Crippen LogP) is -0.552. The average molecular weight is 313 g/mol. The molecule has 22 heavy (non-hydrogen) atoms. The van der Waals surface area contributed by atoms with Crippen LogP contribution in [-0.2, 0) is 14.2 Å². The van der Waals surface area contributed by atoms with Gasteiger partial charge < -0.3 is 29.5 Å². The molecule has 2 fully saturated rings. The molecule has 6 atom stereocenters. The van der Waals surface area contributed by atoms with Crippen LogP contribution < -0.4 is 0 Å². The van der Waals surface area contributed by atoms with E-state index in [-0.39, 0.29) is 12.3 Å². The van der Waals surface area contributed by atoms with Gasteiger partial charge in [0.2, 0.25) is 0 Å². The van der Waals surface area contributed by atoms with Crippen LogP contribution in [0.4, 0.5) is 5.69 Å². The summed E-state index contributed by atoms with van der Waals surface area (Å²) in [7, 11) is 0. The number of benzene rings is 1. The smallest absolute Gasteiger partial charge is 0.269 e. The summed E-state index contributed by atoms with van der Waals surface area (Å²) in [5.74, 6) is 0. The Balaban J connectivity index is 1.78. The summed E-state index contributed by atoms with van der Waals surface area (Å²) in [6.07, 6.45) is -6.93. The maximum atomic E-state index is 10.8. The van der Waals surface area contributed by atoms with E-state index in [9.17, 15) is 25.4 Å². The lowest BCUT2D eigenvalue weighted by molar-refractivity contribution is -0.385. The first-order valence-electron chi connectivity index (χ1n) is 6.68. The Morgan fingerprint density at radius 1 is 1.18 bits per heavy atom. The Hall–Kier alpha value is -1.62. The molecule has 0 bridgehead atoms. The number of ether oxygens (including phenoxy) is 3. The van der Waals surface area contributed by atoms with Gasteiger partial charge in [0.15, 0.2) is 12.6 Å². The third kappa shape index (κ3) is 2.70. The molecular weight excluding hydrogens is 298 g/mol. The van der Waals surface area contributed by atoms with Gasteiger partial charge in [-0.3, -0.25) is 10.1 Å². The molecule has 9 nitrogen and oxygen atoms in total. The van der Waals surface area contributed by atoms with Crippen LogP contribution in [0.5, 0.6) is 0 Å². The number of aliphatic hydroxyl groups is 3. The third-order valence-corrected chi connectivity index (χ3v) is 3.71. The van der Waals surface area contributed by atoms with Gasteiger partial charge in [-0.05, 0) is 0 Å². The molecule has 3 rings (SSSR count). The molecular formula is C13H15NO8. The zero-order valence-electron chi connectivity index (χ0n) is 11.3. The number of nitro groups is 1. The molecule has 0 aromatic heterocycles. The highest BCUT2D eigenvalue weighted by atomic mass is 16.7. The average Bonchev–Trinajstić information content (AvgIpc) is 2.52. The Morgan fingerprint density at radius 2 is 1.95 bits per heavy atom. The minimum absolute atomic E-state index is 0.0128. The van der Waals surface area contributed by atoms with Gasteiger partial charge in [0.1, 0.15) is 24.4 Å². The van der Waals surface area contributed by atoms with Gasteiger partial charge in [-0.15, -0.1) is 0 Å². The summed E-state index contributed by atoms with van der Waals surface area (Å²) >= 11 is 0. The standard InChI is InChI=1S/C13H15NO8/c15-9-10(16)12(17)21-8-5-20-13(22-11(8)9)6-2-1-3-7(4-6)14(18)19/h1-4,8-13,15-17H,5H2/t8-,9-,10-,11-,12?,13-/m1/s1.